The number of nitrogens with zero attached hydrogens (tertiary/aromatic N) is 2. The van der Waals surface area contributed by atoms with E-state index in [4.69, 9.17) is 9.26 Å². The van der Waals surface area contributed by atoms with Crippen LogP contribution in [0.2, 0.25) is 0 Å². The molecular formula is C11H16N2O3. The van der Waals surface area contributed by atoms with Gasteiger partial charge in [-0.1, -0.05) is 11.6 Å². The summed E-state index contributed by atoms with van der Waals surface area (Å²) in [7, 11) is 0. The summed E-state index contributed by atoms with van der Waals surface area (Å²) in [6.45, 7) is 1.70. The van der Waals surface area contributed by atoms with E-state index >= 15 is 0 Å². The summed E-state index contributed by atoms with van der Waals surface area (Å²) < 4.78 is 10.1. The Hall–Kier alpha value is -1.39. The molecule has 0 spiro atoms. The molecule has 1 aromatic heterocycles. The van der Waals surface area contributed by atoms with Gasteiger partial charge in [0.1, 0.15) is 12.5 Å². The fourth-order valence-electron chi connectivity index (χ4n) is 1.95. The Bertz CT molecular complexity index is 356. The summed E-state index contributed by atoms with van der Waals surface area (Å²) in [6, 6.07) is 0. The molecule has 1 aromatic rings. The van der Waals surface area contributed by atoms with Crippen LogP contribution in [0.15, 0.2) is 4.52 Å². The number of hydrogen-bond acceptors (Lipinski definition) is 5. The molecule has 0 saturated heterocycles. The van der Waals surface area contributed by atoms with E-state index in [0.717, 1.165) is 25.7 Å². The lowest BCUT2D eigenvalue weighted by Crippen LogP contribution is -2.22. The highest BCUT2D eigenvalue weighted by atomic mass is 16.5. The summed E-state index contributed by atoms with van der Waals surface area (Å²) in [6.07, 6.45) is 5.72. The first-order valence-corrected chi connectivity index (χ1v) is 5.73. The number of carbonyl (C=O) groups is 1. The highest BCUT2D eigenvalue weighted by molar-refractivity contribution is 5.71. The molecule has 1 saturated carbocycles. The predicted molar refractivity (Wildman–Crippen MR) is 55.7 cm³/mol. The minimum absolute atomic E-state index is 0.0919. The van der Waals surface area contributed by atoms with Crippen LogP contribution in [0.4, 0.5) is 0 Å². The Morgan fingerprint density at radius 3 is 2.81 bits per heavy atom. The minimum Gasteiger partial charge on any atom is -0.462 e. The molecule has 1 fully saturated rings. The lowest BCUT2D eigenvalue weighted by atomic mass is 9.98. The van der Waals surface area contributed by atoms with Crippen molar-refractivity contribution in [3.05, 3.63) is 11.7 Å². The molecule has 0 aliphatic heterocycles. The Kier molecular flexibility index (Phi) is 3.54. The van der Waals surface area contributed by atoms with Gasteiger partial charge in [-0.05, 0) is 25.7 Å². The molecule has 0 N–H and O–H groups in total. The van der Waals surface area contributed by atoms with Gasteiger partial charge in [-0.25, -0.2) is 0 Å². The minimum atomic E-state index is -0.257. The van der Waals surface area contributed by atoms with E-state index < -0.39 is 0 Å². The molecule has 0 aromatic carbocycles. The zero-order valence-electron chi connectivity index (χ0n) is 9.44. The van der Waals surface area contributed by atoms with Gasteiger partial charge in [0.25, 0.3) is 0 Å². The average Bonchev–Trinajstić information content (AvgIpc) is 2.65. The van der Waals surface area contributed by atoms with Crippen molar-refractivity contribution in [2.24, 2.45) is 0 Å². The van der Waals surface area contributed by atoms with Gasteiger partial charge in [-0.3, -0.25) is 4.79 Å². The maximum absolute atomic E-state index is 11.5. The van der Waals surface area contributed by atoms with Gasteiger partial charge in [-0.2, -0.15) is 4.98 Å². The number of esters is 1. The summed E-state index contributed by atoms with van der Waals surface area (Å²) in [5.74, 6) is 0.617. The largest absolute Gasteiger partial charge is 0.462 e. The molecule has 2 rings (SSSR count). The van der Waals surface area contributed by atoms with Gasteiger partial charge in [0.2, 0.25) is 5.89 Å². The lowest BCUT2D eigenvalue weighted by molar-refractivity contribution is -0.149. The second-order valence-corrected chi connectivity index (χ2v) is 4.16. The highest BCUT2D eigenvalue weighted by Crippen LogP contribution is 2.20. The molecule has 0 amide bonds. The molecule has 0 bridgehead atoms. The third-order valence-corrected chi connectivity index (χ3v) is 2.72. The molecule has 0 atom stereocenters. The van der Waals surface area contributed by atoms with E-state index in [1.54, 1.807) is 6.92 Å². The van der Waals surface area contributed by atoms with Crippen molar-refractivity contribution < 1.29 is 14.1 Å². The number of aryl methyl sites for hydroxylation is 1. The van der Waals surface area contributed by atoms with Crippen molar-refractivity contribution in [2.45, 2.75) is 51.6 Å². The molecule has 0 radical (unpaired) electrons. The van der Waals surface area contributed by atoms with E-state index in [1.807, 2.05) is 0 Å². The first-order chi connectivity index (χ1) is 7.74. The fourth-order valence-corrected chi connectivity index (χ4v) is 1.95. The van der Waals surface area contributed by atoms with Crippen LogP contribution in [0.5, 0.6) is 0 Å². The van der Waals surface area contributed by atoms with Gasteiger partial charge in [0.05, 0.1) is 0 Å². The monoisotopic (exact) mass is 224 g/mol. The van der Waals surface area contributed by atoms with Gasteiger partial charge < -0.3 is 9.26 Å². The zero-order valence-corrected chi connectivity index (χ0v) is 9.44. The quantitative estimate of drug-likeness (QED) is 0.732. The lowest BCUT2D eigenvalue weighted by Gasteiger charge is -2.21. The van der Waals surface area contributed by atoms with E-state index in [0.29, 0.717) is 11.7 Å². The van der Waals surface area contributed by atoms with Crippen LogP contribution in [0.3, 0.4) is 0 Å². The van der Waals surface area contributed by atoms with Gasteiger partial charge >= 0.3 is 5.97 Å². The van der Waals surface area contributed by atoms with Crippen LogP contribution in [0.25, 0.3) is 0 Å². The molecule has 1 aliphatic carbocycles. The summed E-state index contributed by atoms with van der Waals surface area (Å²) >= 11 is 0. The smallest absolute Gasteiger partial charge is 0.313 e. The predicted octanol–water partition coefficient (Wildman–Crippen LogP) is 1.80. The molecule has 16 heavy (non-hydrogen) atoms. The van der Waals surface area contributed by atoms with Crippen LogP contribution < -0.4 is 0 Å². The Morgan fingerprint density at radius 1 is 1.44 bits per heavy atom. The number of carbonyl (C=O) groups excluding carboxylic acids is 1. The van der Waals surface area contributed by atoms with E-state index in [-0.39, 0.29) is 18.5 Å². The molecule has 5 nitrogen and oxygen atoms in total. The molecule has 1 aliphatic rings. The average molecular weight is 224 g/mol. The fraction of sp³-hybridized carbons (Fsp3) is 0.727. The summed E-state index contributed by atoms with van der Waals surface area (Å²) in [5, 5.41) is 3.66. The Morgan fingerprint density at radius 2 is 2.19 bits per heavy atom. The third kappa shape index (κ3) is 3.05. The number of rotatable bonds is 3. The van der Waals surface area contributed by atoms with E-state index in [2.05, 4.69) is 10.1 Å². The van der Waals surface area contributed by atoms with Crippen molar-refractivity contribution in [1.82, 2.24) is 10.1 Å². The van der Waals surface area contributed by atoms with Crippen molar-refractivity contribution in [3.63, 3.8) is 0 Å². The molecule has 88 valence electrons. The van der Waals surface area contributed by atoms with Gasteiger partial charge in [0, 0.05) is 6.92 Å². The first kappa shape index (κ1) is 11.1. The normalized spacial score (nSPS) is 17.3. The van der Waals surface area contributed by atoms with E-state index in [9.17, 15) is 4.79 Å². The Balaban J connectivity index is 1.79. The van der Waals surface area contributed by atoms with Crippen molar-refractivity contribution >= 4 is 5.97 Å². The summed E-state index contributed by atoms with van der Waals surface area (Å²) in [4.78, 5) is 15.5. The SMILES string of the molecule is Cc1nc(CC(=O)OC2CCCCC2)no1. The van der Waals surface area contributed by atoms with Crippen molar-refractivity contribution in [2.75, 3.05) is 0 Å². The van der Waals surface area contributed by atoms with Crippen LogP contribution in [0.1, 0.15) is 43.8 Å². The number of ether oxygens (including phenoxy) is 1. The maximum Gasteiger partial charge on any atom is 0.313 e. The first-order valence-electron chi connectivity index (χ1n) is 5.73. The van der Waals surface area contributed by atoms with Gasteiger partial charge in [0.15, 0.2) is 5.82 Å². The zero-order chi connectivity index (χ0) is 11.4. The molecule has 1 heterocycles. The van der Waals surface area contributed by atoms with Crippen molar-refractivity contribution in [1.29, 1.82) is 0 Å². The van der Waals surface area contributed by atoms with E-state index in [1.165, 1.54) is 6.42 Å². The molecule has 5 heteroatoms. The third-order valence-electron chi connectivity index (χ3n) is 2.72. The molecule has 0 unspecified atom stereocenters. The summed E-state index contributed by atoms with van der Waals surface area (Å²) in [5.41, 5.74) is 0. The number of aromatic nitrogens is 2. The standard InChI is InChI=1S/C11H16N2O3/c1-8-12-10(13-16-8)7-11(14)15-9-5-3-2-4-6-9/h9H,2-7H2,1H3. The second kappa shape index (κ2) is 5.09. The van der Waals surface area contributed by atoms with Crippen LogP contribution in [-0.4, -0.2) is 22.2 Å². The van der Waals surface area contributed by atoms with Gasteiger partial charge in [-0.15, -0.1) is 0 Å². The van der Waals surface area contributed by atoms with Crippen LogP contribution in [0, 0.1) is 6.92 Å². The second-order valence-electron chi connectivity index (χ2n) is 4.16. The number of hydrogen-bond donors (Lipinski definition) is 0. The molecular weight excluding hydrogens is 208 g/mol. The topological polar surface area (TPSA) is 65.2 Å². The highest BCUT2D eigenvalue weighted by Gasteiger charge is 2.19. The van der Waals surface area contributed by atoms with Crippen LogP contribution >= 0.6 is 0 Å². The maximum atomic E-state index is 11.5. The van der Waals surface area contributed by atoms with Crippen LogP contribution in [-0.2, 0) is 16.0 Å². The Labute approximate surface area is 94.2 Å². The van der Waals surface area contributed by atoms with Crippen molar-refractivity contribution in [3.8, 4) is 0 Å².